The summed E-state index contributed by atoms with van der Waals surface area (Å²) >= 11 is 0. The highest BCUT2D eigenvalue weighted by Gasteiger charge is 2.30. The number of hydrogen-bond donors (Lipinski definition) is 1. The number of ether oxygens (including phenoxy) is 1. The molecule has 0 radical (unpaired) electrons. The maximum absolute atomic E-state index is 13.6. The number of nitrogens with zero attached hydrogens (tertiary/aromatic N) is 1. The molecule has 162 valence electrons. The Hall–Kier alpha value is -3.16. The summed E-state index contributed by atoms with van der Waals surface area (Å²) < 4.78 is 34.1. The van der Waals surface area contributed by atoms with Crippen LogP contribution in [0.4, 0.5) is 0 Å². The molecule has 2 N–H and O–H groups in total. The maximum atomic E-state index is 13.6. The maximum Gasteiger partial charge on any atom is 0.248 e. The van der Waals surface area contributed by atoms with Crippen LogP contribution in [0, 0.1) is 0 Å². The number of carbonyl (C=O) groups excluding carboxylic acids is 1. The van der Waals surface area contributed by atoms with Gasteiger partial charge in [-0.05, 0) is 54.8 Å². The van der Waals surface area contributed by atoms with Gasteiger partial charge >= 0.3 is 0 Å². The number of benzene rings is 3. The van der Waals surface area contributed by atoms with E-state index < -0.39 is 15.9 Å². The van der Waals surface area contributed by atoms with Crippen molar-refractivity contribution in [2.24, 2.45) is 5.73 Å². The summed E-state index contributed by atoms with van der Waals surface area (Å²) in [5.74, 6) is 0.117. The average Bonchev–Trinajstić information content (AvgIpc) is 2.78. The highest BCUT2D eigenvalue weighted by Crippen LogP contribution is 2.26. The monoisotopic (exact) mass is 438 g/mol. The van der Waals surface area contributed by atoms with E-state index >= 15 is 0 Å². The van der Waals surface area contributed by atoms with Gasteiger partial charge in [0.15, 0.2) is 0 Å². The van der Waals surface area contributed by atoms with E-state index in [0.29, 0.717) is 6.42 Å². The largest absolute Gasteiger partial charge is 0.496 e. The Labute approximate surface area is 183 Å². The van der Waals surface area contributed by atoms with Gasteiger partial charge in [0.05, 0.1) is 12.0 Å². The molecule has 0 aliphatic heterocycles. The topological polar surface area (TPSA) is 89.7 Å². The van der Waals surface area contributed by atoms with Crippen molar-refractivity contribution in [1.82, 2.24) is 4.31 Å². The van der Waals surface area contributed by atoms with Crippen LogP contribution in [0.3, 0.4) is 0 Å². The number of primary amides is 1. The molecule has 0 heterocycles. The predicted molar refractivity (Wildman–Crippen MR) is 120 cm³/mol. The van der Waals surface area contributed by atoms with Crippen LogP contribution in [0.15, 0.2) is 83.8 Å². The number of para-hydroxylation sites is 1. The molecule has 0 saturated carbocycles. The van der Waals surface area contributed by atoms with Crippen LogP contribution in [0.1, 0.15) is 28.4 Å². The Morgan fingerprint density at radius 2 is 1.58 bits per heavy atom. The lowest BCUT2D eigenvalue weighted by Gasteiger charge is -2.29. The second kappa shape index (κ2) is 9.76. The molecule has 0 spiro atoms. The van der Waals surface area contributed by atoms with E-state index in [1.165, 1.54) is 28.6 Å². The Kier molecular flexibility index (Phi) is 7.09. The van der Waals surface area contributed by atoms with Crippen molar-refractivity contribution >= 4 is 15.9 Å². The van der Waals surface area contributed by atoms with Crippen LogP contribution < -0.4 is 10.5 Å². The molecule has 3 aromatic rings. The third-order valence-electron chi connectivity index (χ3n) is 5.13. The standard InChI is InChI=1S/C24H26N2O4S/c1-18(16-21-10-6-7-11-23(21)30-2)26(17-19-8-4-3-5-9-19)31(28,29)22-14-12-20(13-15-22)24(25)27/h3-15,18H,16-17H2,1-2H3,(H2,25,27). The third kappa shape index (κ3) is 5.31. The van der Waals surface area contributed by atoms with Crippen molar-refractivity contribution in [1.29, 1.82) is 0 Å². The van der Waals surface area contributed by atoms with Crippen molar-refractivity contribution in [3.05, 3.63) is 95.6 Å². The molecule has 7 heteroatoms. The van der Waals surface area contributed by atoms with Crippen LogP contribution in [0.5, 0.6) is 5.75 Å². The Morgan fingerprint density at radius 3 is 2.19 bits per heavy atom. The first-order valence-electron chi connectivity index (χ1n) is 9.90. The van der Waals surface area contributed by atoms with E-state index in [-0.39, 0.29) is 23.0 Å². The number of rotatable bonds is 9. The Bertz CT molecular complexity index is 1130. The molecular weight excluding hydrogens is 412 g/mol. The molecule has 1 amide bonds. The lowest BCUT2D eigenvalue weighted by molar-refractivity contribution is 0.1000. The minimum absolute atomic E-state index is 0.111. The number of nitrogens with two attached hydrogens (primary N) is 1. The lowest BCUT2D eigenvalue weighted by Crippen LogP contribution is -2.39. The van der Waals surface area contributed by atoms with E-state index in [1.807, 2.05) is 61.5 Å². The van der Waals surface area contributed by atoms with Gasteiger partial charge in [0.2, 0.25) is 15.9 Å². The van der Waals surface area contributed by atoms with E-state index in [4.69, 9.17) is 10.5 Å². The van der Waals surface area contributed by atoms with Crippen LogP contribution in [-0.2, 0) is 23.0 Å². The lowest BCUT2D eigenvalue weighted by atomic mass is 10.1. The number of methoxy groups -OCH3 is 1. The van der Waals surface area contributed by atoms with Gasteiger partial charge in [-0.15, -0.1) is 0 Å². The number of sulfonamides is 1. The second-order valence-electron chi connectivity index (χ2n) is 7.29. The summed E-state index contributed by atoms with van der Waals surface area (Å²) in [5.41, 5.74) is 7.35. The van der Waals surface area contributed by atoms with Crippen molar-refractivity contribution in [3.8, 4) is 5.75 Å². The van der Waals surface area contributed by atoms with Gasteiger partial charge < -0.3 is 10.5 Å². The van der Waals surface area contributed by atoms with Gasteiger partial charge in [-0.2, -0.15) is 4.31 Å². The molecule has 6 nitrogen and oxygen atoms in total. The molecule has 0 saturated heterocycles. The van der Waals surface area contributed by atoms with Crippen LogP contribution in [0.2, 0.25) is 0 Å². The first kappa shape index (κ1) is 22.5. The fourth-order valence-corrected chi connectivity index (χ4v) is 5.08. The zero-order valence-electron chi connectivity index (χ0n) is 17.6. The summed E-state index contributed by atoms with van der Waals surface area (Å²) in [6.45, 7) is 2.10. The SMILES string of the molecule is COc1ccccc1CC(C)N(Cc1ccccc1)S(=O)(=O)c1ccc(C(N)=O)cc1. The predicted octanol–water partition coefficient (Wildman–Crippen LogP) is 3.62. The molecule has 0 aliphatic rings. The molecule has 0 aromatic heterocycles. The van der Waals surface area contributed by atoms with Crippen LogP contribution in [-0.4, -0.2) is 31.8 Å². The highest BCUT2D eigenvalue weighted by atomic mass is 32.2. The molecule has 0 fully saturated rings. The quantitative estimate of drug-likeness (QED) is 0.553. The van der Waals surface area contributed by atoms with Crippen LogP contribution >= 0.6 is 0 Å². The van der Waals surface area contributed by atoms with Gasteiger partial charge in [-0.25, -0.2) is 8.42 Å². The summed E-state index contributed by atoms with van der Waals surface area (Å²) in [7, 11) is -2.24. The van der Waals surface area contributed by atoms with E-state index in [2.05, 4.69) is 0 Å². The fourth-order valence-electron chi connectivity index (χ4n) is 3.46. The molecule has 3 aromatic carbocycles. The Morgan fingerprint density at radius 1 is 0.968 bits per heavy atom. The summed E-state index contributed by atoms with van der Waals surface area (Å²) in [6, 6.07) is 22.4. The number of amides is 1. The van der Waals surface area contributed by atoms with Crippen molar-refractivity contribution in [2.75, 3.05) is 7.11 Å². The van der Waals surface area contributed by atoms with E-state index in [9.17, 15) is 13.2 Å². The summed E-state index contributed by atoms with van der Waals surface area (Å²) in [5, 5.41) is 0. The molecular formula is C24H26N2O4S. The van der Waals surface area contributed by atoms with Crippen molar-refractivity contribution in [2.45, 2.75) is 30.8 Å². The molecule has 0 aliphatic carbocycles. The van der Waals surface area contributed by atoms with E-state index in [0.717, 1.165) is 16.9 Å². The van der Waals surface area contributed by atoms with Gasteiger partial charge in [-0.1, -0.05) is 48.5 Å². The third-order valence-corrected chi connectivity index (χ3v) is 7.10. The number of carbonyl (C=O) groups is 1. The Balaban J connectivity index is 1.97. The minimum Gasteiger partial charge on any atom is -0.496 e. The zero-order chi connectivity index (χ0) is 22.4. The minimum atomic E-state index is -3.84. The molecule has 31 heavy (non-hydrogen) atoms. The van der Waals surface area contributed by atoms with Crippen molar-refractivity contribution < 1.29 is 17.9 Å². The van der Waals surface area contributed by atoms with Gasteiger partial charge in [0.1, 0.15) is 5.75 Å². The van der Waals surface area contributed by atoms with Gasteiger partial charge in [0, 0.05) is 18.2 Å². The molecule has 0 bridgehead atoms. The summed E-state index contributed by atoms with van der Waals surface area (Å²) in [6.07, 6.45) is 0.482. The number of hydrogen-bond acceptors (Lipinski definition) is 4. The first-order chi connectivity index (χ1) is 14.8. The van der Waals surface area contributed by atoms with Crippen molar-refractivity contribution in [3.63, 3.8) is 0 Å². The fraction of sp³-hybridized carbons (Fsp3) is 0.208. The zero-order valence-corrected chi connectivity index (χ0v) is 18.4. The van der Waals surface area contributed by atoms with Gasteiger partial charge in [-0.3, -0.25) is 4.79 Å². The molecule has 3 rings (SSSR count). The first-order valence-corrected chi connectivity index (χ1v) is 11.3. The highest BCUT2D eigenvalue weighted by molar-refractivity contribution is 7.89. The second-order valence-corrected chi connectivity index (χ2v) is 9.18. The average molecular weight is 439 g/mol. The summed E-state index contributed by atoms with van der Waals surface area (Å²) in [4.78, 5) is 11.5. The normalized spacial score (nSPS) is 12.5. The molecule has 1 unspecified atom stereocenters. The molecule has 1 atom stereocenters. The van der Waals surface area contributed by atoms with E-state index in [1.54, 1.807) is 7.11 Å². The smallest absolute Gasteiger partial charge is 0.248 e. The van der Waals surface area contributed by atoms with Crippen LogP contribution in [0.25, 0.3) is 0 Å². The van der Waals surface area contributed by atoms with Gasteiger partial charge in [0.25, 0.3) is 0 Å².